The molecule has 1 heterocycles. The molecule has 0 unspecified atom stereocenters. The van der Waals surface area contributed by atoms with Crippen LogP contribution in [0, 0.1) is 11.3 Å². The summed E-state index contributed by atoms with van der Waals surface area (Å²) in [5.74, 6) is 0.518. The van der Waals surface area contributed by atoms with Crippen LogP contribution in [-0.4, -0.2) is 4.98 Å². The van der Waals surface area contributed by atoms with Crippen molar-refractivity contribution in [3.8, 4) is 6.07 Å². The van der Waals surface area contributed by atoms with Crippen molar-refractivity contribution >= 4 is 17.4 Å². The molecule has 2 aromatic rings. The van der Waals surface area contributed by atoms with Gasteiger partial charge in [-0.25, -0.2) is 4.98 Å². The second kappa shape index (κ2) is 5.77. The van der Waals surface area contributed by atoms with Gasteiger partial charge in [-0.1, -0.05) is 37.7 Å². The van der Waals surface area contributed by atoms with Crippen molar-refractivity contribution in [2.75, 3.05) is 5.73 Å². The van der Waals surface area contributed by atoms with Crippen LogP contribution in [0.1, 0.15) is 30.9 Å². The normalized spacial score (nSPS) is 10.4. The molecule has 3 nitrogen and oxygen atoms in total. The lowest BCUT2D eigenvalue weighted by molar-refractivity contribution is 0.865. The lowest BCUT2D eigenvalue weighted by atomic mass is 10.0. The van der Waals surface area contributed by atoms with Crippen molar-refractivity contribution < 1.29 is 0 Å². The summed E-state index contributed by atoms with van der Waals surface area (Å²) in [6, 6.07) is 12.0. The van der Waals surface area contributed by atoms with Crippen LogP contribution in [-0.2, 0) is 0 Å². The zero-order chi connectivity index (χ0) is 13.8. The molecule has 1 aromatic heterocycles. The van der Waals surface area contributed by atoms with E-state index in [2.05, 4.69) is 49.2 Å². The highest BCUT2D eigenvalue weighted by Crippen LogP contribution is 2.32. The van der Waals surface area contributed by atoms with Crippen LogP contribution in [0.5, 0.6) is 0 Å². The maximum atomic E-state index is 8.94. The molecule has 0 saturated carbocycles. The van der Waals surface area contributed by atoms with E-state index in [-0.39, 0.29) is 0 Å². The minimum absolute atomic E-state index is 0.447. The first kappa shape index (κ1) is 13.4. The maximum Gasteiger partial charge on any atom is 0.125 e. The monoisotopic (exact) mass is 269 g/mol. The molecular weight excluding hydrogens is 254 g/mol. The fourth-order valence-corrected chi connectivity index (χ4v) is 2.49. The number of nitrogens with two attached hydrogens (primary N) is 1. The van der Waals surface area contributed by atoms with Crippen molar-refractivity contribution in [2.24, 2.45) is 0 Å². The standard InChI is InChI=1S/C15H15N3S/c1-10(2)11-3-5-13(6-4-11)19-15-14(17)12(9-16)7-8-18-15/h3-8,10H,17H2,1-2H3. The van der Waals surface area contributed by atoms with E-state index in [4.69, 9.17) is 11.0 Å². The lowest BCUT2D eigenvalue weighted by Gasteiger charge is -2.08. The first-order chi connectivity index (χ1) is 9.11. The summed E-state index contributed by atoms with van der Waals surface area (Å²) in [4.78, 5) is 5.29. The van der Waals surface area contributed by atoms with Crippen LogP contribution in [0.3, 0.4) is 0 Å². The summed E-state index contributed by atoms with van der Waals surface area (Å²) < 4.78 is 0. The fraction of sp³-hybridized carbons (Fsp3) is 0.200. The van der Waals surface area contributed by atoms with Gasteiger partial charge in [0.1, 0.15) is 11.1 Å². The van der Waals surface area contributed by atoms with E-state index in [1.807, 2.05) is 0 Å². The molecular formula is C15H15N3S. The van der Waals surface area contributed by atoms with E-state index < -0.39 is 0 Å². The molecule has 96 valence electrons. The molecule has 0 atom stereocenters. The predicted octanol–water partition coefficient (Wildman–Crippen LogP) is 3.81. The maximum absolute atomic E-state index is 8.94. The van der Waals surface area contributed by atoms with E-state index in [1.165, 1.54) is 17.3 Å². The number of nitrogens with zero attached hydrogens (tertiary/aromatic N) is 2. The van der Waals surface area contributed by atoms with Crippen LogP contribution in [0.4, 0.5) is 5.69 Å². The van der Waals surface area contributed by atoms with E-state index in [0.717, 1.165) is 4.90 Å². The average molecular weight is 269 g/mol. The lowest BCUT2D eigenvalue weighted by Crippen LogP contribution is -1.95. The Labute approximate surface area is 117 Å². The van der Waals surface area contributed by atoms with Gasteiger partial charge in [0.25, 0.3) is 0 Å². The van der Waals surface area contributed by atoms with Crippen molar-refractivity contribution in [3.63, 3.8) is 0 Å². The summed E-state index contributed by atoms with van der Waals surface area (Å²) in [6.45, 7) is 4.33. The van der Waals surface area contributed by atoms with Crippen molar-refractivity contribution in [3.05, 3.63) is 47.7 Å². The van der Waals surface area contributed by atoms with Crippen molar-refractivity contribution in [1.82, 2.24) is 4.98 Å². The quantitative estimate of drug-likeness (QED) is 0.920. The van der Waals surface area contributed by atoms with Gasteiger partial charge in [0, 0.05) is 11.1 Å². The van der Waals surface area contributed by atoms with Gasteiger partial charge in [-0.05, 0) is 29.7 Å². The summed E-state index contributed by atoms with van der Waals surface area (Å²) in [5, 5.41) is 9.62. The third-order valence-electron chi connectivity index (χ3n) is 2.84. The molecule has 0 spiro atoms. The number of nitrogen functional groups attached to an aromatic ring is 1. The molecule has 4 heteroatoms. The minimum atomic E-state index is 0.447. The second-order valence-corrected chi connectivity index (χ2v) is 5.58. The second-order valence-electron chi connectivity index (χ2n) is 4.51. The molecule has 0 aliphatic carbocycles. The number of benzene rings is 1. The summed E-state index contributed by atoms with van der Waals surface area (Å²) >= 11 is 1.48. The first-order valence-electron chi connectivity index (χ1n) is 6.04. The molecule has 0 fully saturated rings. The van der Waals surface area contributed by atoms with Gasteiger partial charge in [-0.2, -0.15) is 5.26 Å². The van der Waals surface area contributed by atoms with Gasteiger partial charge in [-0.3, -0.25) is 0 Å². The molecule has 0 amide bonds. The summed E-state index contributed by atoms with van der Waals surface area (Å²) in [7, 11) is 0. The third kappa shape index (κ3) is 3.07. The molecule has 0 aliphatic rings. The SMILES string of the molecule is CC(C)c1ccc(Sc2nccc(C#N)c2N)cc1. The van der Waals surface area contributed by atoms with Gasteiger partial charge in [0.15, 0.2) is 0 Å². The van der Waals surface area contributed by atoms with E-state index >= 15 is 0 Å². The van der Waals surface area contributed by atoms with Crippen LogP contribution in [0.15, 0.2) is 46.5 Å². The minimum Gasteiger partial charge on any atom is -0.395 e. The molecule has 2 N–H and O–H groups in total. The summed E-state index contributed by atoms with van der Waals surface area (Å²) in [6.07, 6.45) is 1.61. The highest BCUT2D eigenvalue weighted by atomic mass is 32.2. The number of hydrogen-bond donors (Lipinski definition) is 1. The summed E-state index contributed by atoms with van der Waals surface area (Å²) in [5.41, 5.74) is 8.13. The van der Waals surface area contributed by atoms with Gasteiger partial charge in [0.2, 0.25) is 0 Å². The van der Waals surface area contributed by atoms with Crippen molar-refractivity contribution in [2.45, 2.75) is 29.7 Å². The molecule has 0 saturated heterocycles. The Hall–Kier alpha value is -1.99. The van der Waals surface area contributed by atoms with Crippen LogP contribution in [0.2, 0.25) is 0 Å². The van der Waals surface area contributed by atoms with Crippen LogP contribution in [0.25, 0.3) is 0 Å². The van der Waals surface area contributed by atoms with E-state index in [1.54, 1.807) is 12.3 Å². The Morgan fingerprint density at radius 1 is 1.21 bits per heavy atom. The highest BCUT2D eigenvalue weighted by molar-refractivity contribution is 7.99. The van der Waals surface area contributed by atoms with Gasteiger partial charge >= 0.3 is 0 Å². The molecule has 1 aromatic carbocycles. The number of pyridine rings is 1. The number of rotatable bonds is 3. The van der Waals surface area contributed by atoms with Crippen LogP contribution >= 0.6 is 11.8 Å². The average Bonchev–Trinajstić information content (AvgIpc) is 2.42. The number of anilines is 1. The Balaban J connectivity index is 2.24. The van der Waals surface area contributed by atoms with Gasteiger partial charge < -0.3 is 5.73 Å². The zero-order valence-corrected chi connectivity index (χ0v) is 11.7. The van der Waals surface area contributed by atoms with E-state index in [0.29, 0.717) is 22.2 Å². The number of hydrogen-bond acceptors (Lipinski definition) is 4. The largest absolute Gasteiger partial charge is 0.395 e. The highest BCUT2D eigenvalue weighted by Gasteiger charge is 2.08. The Bertz CT molecular complexity index is 612. The van der Waals surface area contributed by atoms with E-state index in [9.17, 15) is 0 Å². The molecule has 0 bridgehead atoms. The number of aromatic nitrogens is 1. The first-order valence-corrected chi connectivity index (χ1v) is 6.86. The van der Waals surface area contributed by atoms with Gasteiger partial charge in [0.05, 0.1) is 11.3 Å². The van der Waals surface area contributed by atoms with Crippen molar-refractivity contribution in [1.29, 1.82) is 5.26 Å². The third-order valence-corrected chi connectivity index (χ3v) is 3.86. The Kier molecular flexibility index (Phi) is 4.08. The Morgan fingerprint density at radius 2 is 1.89 bits per heavy atom. The predicted molar refractivity (Wildman–Crippen MR) is 78.0 cm³/mol. The van der Waals surface area contributed by atoms with Gasteiger partial charge in [-0.15, -0.1) is 0 Å². The topological polar surface area (TPSA) is 62.7 Å². The van der Waals surface area contributed by atoms with Crippen LogP contribution < -0.4 is 5.73 Å². The smallest absolute Gasteiger partial charge is 0.125 e. The fourth-order valence-electron chi connectivity index (χ4n) is 1.67. The molecule has 0 aliphatic heterocycles. The Morgan fingerprint density at radius 3 is 2.47 bits per heavy atom. The molecule has 0 radical (unpaired) electrons. The molecule has 2 rings (SSSR count). The number of nitriles is 1. The zero-order valence-electron chi connectivity index (χ0n) is 10.9. The molecule has 19 heavy (non-hydrogen) atoms.